The van der Waals surface area contributed by atoms with Crippen LogP contribution in [0.25, 0.3) is 0 Å². The SMILES string of the molecule is CC[C@H](c1ccccn1)S(=O)c1ccc(C)cc1. The molecule has 2 aromatic rings. The third-order valence-corrected chi connectivity index (χ3v) is 4.73. The Hall–Kier alpha value is -1.48. The summed E-state index contributed by atoms with van der Waals surface area (Å²) in [6.45, 7) is 4.08. The Kier molecular flexibility index (Phi) is 4.26. The lowest BCUT2D eigenvalue weighted by Gasteiger charge is -2.14. The summed E-state index contributed by atoms with van der Waals surface area (Å²) in [6.07, 6.45) is 2.57. The number of benzene rings is 1. The van der Waals surface area contributed by atoms with Crippen molar-refractivity contribution in [1.29, 1.82) is 0 Å². The van der Waals surface area contributed by atoms with E-state index >= 15 is 0 Å². The molecule has 0 aliphatic rings. The summed E-state index contributed by atoms with van der Waals surface area (Å²) in [5.74, 6) is 0. The molecule has 3 heteroatoms. The van der Waals surface area contributed by atoms with Gasteiger partial charge in [-0.05, 0) is 37.6 Å². The molecule has 18 heavy (non-hydrogen) atoms. The van der Waals surface area contributed by atoms with Crippen molar-refractivity contribution in [1.82, 2.24) is 4.98 Å². The number of aromatic nitrogens is 1. The molecule has 2 nitrogen and oxygen atoms in total. The molecule has 0 aliphatic heterocycles. The average Bonchev–Trinajstić information content (AvgIpc) is 2.41. The van der Waals surface area contributed by atoms with E-state index in [0.29, 0.717) is 0 Å². The second kappa shape index (κ2) is 5.91. The van der Waals surface area contributed by atoms with Crippen LogP contribution in [0.3, 0.4) is 0 Å². The largest absolute Gasteiger partial charge is 0.260 e. The number of hydrogen-bond donors (Lipinski definition) is 0. The van der Waals surface area contributed by atoms with E-state index in [9.17, 15) is 4.21 Å². The second-order valence-electron chi connectivity index (χ2n) is 4.26. The fourth-order valence-electron chi connectivity index (χ4n) is 1.87. The lowest BCUT2D eigenvalue weighted by molar-refractivity contribution is 0.666. The van der Waals surface area contributed by atoms with Gasteiger partial charge in [-0.25, -0.2) is 0 Å². The molecule has 1 aromatic heterocycles. The Labute approximate surface area is 111 Å². The third kappa shape index (κ3) is 2.85. The molecule has 0 radical (unpaired) electrons. The van der Waals surface area contributed by atoms with Gasteiger partial charge in [0.15, 0.2) is 0 Å². The monoisotopic (exact) mass is 259 g/mol. The molecule has 0 saturated heterocycles. The first kappa shape index (κ1) is 13.0. The van der Waals surface area contributed by atoms with Crippen LogP contribution in [0.1, 0.15) is 29.9 Å². The fourth-order valence-corrected chi connectivity index (χ4v) is 3.27. The molecule has 94 valence electrons. The van der Waals surface area contributed by atoms with E-state index in [2.05, 4.69) is 4.98 Å². The van der Waals surface area contributed by atoms with Crippen LogP contribution in [0.2, 0.25) is 0 Å². The molecule has 0 aliphatic carbocycles. The number of pyridine rings is 1. The number of rotatable bonds is 4. The maximum Gasteiger partial charge on any atom is 0.0813 e. The van der Waals surface area contributed by atoms with Crippen LogP contribution in [0.5, 0.6) is 0 Å². The van der Waals surface area contributed by atoms with E-state index in [1.807, 2.05) is 56.3 Å². The van der Waals surface area contributed by atoms with Gasteiger partial charge in [0, 0.05) is 11.1 Å². The predicted molar refractivity (Wildman–Crippen MR) is 74.9 cm³/mol. The summed E-state index contributed by atoms with van der Waals surface area (Å²) >= 11 is 0. The Morgan fingerprint density at radius 1 is 1.17 bits per heavy atom. The zero-order chi connectivity index (χ0) is 13.0. The summed E-state index contributed by atoms with van der Waals surface area (Å²) < 4.78 is 12.6. The summed E-state index contributed by atoms with van der Waals surface area (Å²) in [4.78, 5) is 5.19. The van der Waals surface area contributed by atoms with Crippen LogP contribution < -0.4 is 0 Å². The van der Waals surface area contributed by atoms with E-state index in [0.717, 1.165) is 17.0 Å². The van der Waals surface area contributed by atoms with Crippen LogP contribution in [0, 0.1) is 6.92 Å². The van der Waals surface area contributed by atoms with Gasteiger partial charge in [0.25, 0.3) is 0 Å². The molecule has 2 atom stereocenters. The van der Waals surface area contributed by atoms with Crippen molar-refractivity contribution in [2.24, 2.45) is 0 Å². The topological polar surface area (TPSA) is 30.0 Å². The summed E-state index contributed by atoms with van der Waals surface area (Å²) in [5.41, 5.74) is 2.08. The van der Waals surface area contributed by atoms with Gasteiger partial charge in [-0.2, -0.15) is 0 Å². The van der Waals surface area contributed by atoms with Gasteiger partial charge in [0.2, 0.25) is 0 Å². The zero-order valence-electron chi connectivity index (χ0n) is 10.7. The van der Waals surface area contributed by atoms with Crippen molar-refractivity contribution < 1.29 is 4.21 Å². The van der Waals surface area contributed by atoms with Crippen LogP contribution in [-0.2, 0) is 10.8 Å². The third-order valence-electron chi connectivity index (χ3n) is 2.90. The van der Waals surface area contributed by atoms with Crippen molar-refractivity contribution in [3.05, 3.63) is 59.9 Å². The van der Waals surface area contributed by atoms with Crippen LogP contribution in [-0.4, -0.2) is 9.19 Å². The van der Waals surface area contributed by atoms with Gasteiger partial charge in [-0.3, -0.25) is 9.19 Å². The summed E-state index contributed by atoms with van der Waals surface area (Å²) in [5, 5.41) is -0.0334. The maximum absolute atomic E-state index is 12.6. The van der Waals surface area contributed by atoms with E-state index in [-0.39, 0.29) is 5.25 Å². The van der Waals surface area contributed by atoms with Gasteiger partial charge in [0.05, 0.1) is 21.7 Å². The molecule has 0 spiro atoms. The van der Waals surface area contributed by atoms with Crippen molar-refractivity contribution in [3.63, 3.8) is 0 Å². The highest BCUT2D eigenvalue weighted by Crippen LogP contribution is 2.26. The van der Waals surface area contributed by atoms with E-state index in [1.165, 1.54) is 5.56 Å². The Bertz CT molecular complexity index is 522. The van der Waals surface area contributed by atoms with E-state index in [4.69, 9.17) is 0 Å². The highest BCUT2D eigenvalue weighted by Gasteiger charge is 2.19. The fraction of sp³-hybridized carbons (Fsp3) is 0.267. The van der Waals surface area contributed by atoms with Crippen LogP contribution in [0.4, 0.5) is 0 Å². The standard InChI is InChI=1S/C15H17NOS/c1-3-15(14-6-4-5-11-16-14)18(17)13-9-7-12(2)8-10-13/h4-11,15H,3H2,1-2H3/t15-,18?/m1/s1. The first-order chi connectivity index (χ1) is 8.72. The van der Waals surface area contributed by atoms with Crippen molar-refractivity contribution in [3.8, 4) is 0 Å². The molecule has 2 rings (SSSR count). The first-order valence-electron chi connectivity index (χ1n) is 6.10. The maximum atomic E-state index is 12.6. The van der Waals surface area contributed by atoms with Crippen LogP contribution >= 0.6 is 0 Å². The zero-order valence-corrected chi connectivity index (χ0v) is 11.5. The molecule has 0 fully saturated rings. The summed E-state index contributed by atoms with van der Waals surface area (Å²) in [7, 11) is -1.04. The van der Waals surface area contributed by atoms with Crippen LogP contribution in [0.15, 0.2) is 53.6 Å². The average molecular weight is 259 g/mol. The molecular weight excluding hydrogens is 242 g/mol. The van der Waals surface area contributed by atoms with Crippen molar-refractivity contribution in [2.45, 2.75) is 30.4 Å². The minimum atomic E-state index is -1.04. The van der Waals surface area contributed by atoms with Gasteiger partial charge in [-0.15, -0.1) is 0 Å². The Morgan fingerprint density at radius 2 is 1.89 bits per heavy atom. The van der Waals surface area contributed by atoms with Crippen molar-refractivity contribution in [2.75, 3.05) is 0 Å². The Balaban J connectivity index is 2.28. The van der Waals surface area contributed by atoms with Gasteiger partial charge < -0.3 is 0 Å². The van der Waals surface area contributed by atoms with E-state index < -0.39 is 10.8 Å². The van der Waals surface area contributed by atoms with Gasteiger partial charge in [0.1, 0.15) is 0 Å². The molecule has 1 aromatic carbocycles. The molecule has 0 bridgehead atoms. The molecule has 0 amide bonds. The number of hydrogen-bond acceptors (Lipinski definition) is 2. The second-order valence-corrected chi connectivity index (χ2v) is 5.90. The quantitative estimate of drug-likeness (QED) is 0.839. The molecule has 0 N–H and O–H groups in total. The van der Waals surface area contributed by atoms with E-state index in [1.54, 1.807) is 6.20 Å². The molecular formula is C15H17NOS. The lowest BCUT2D eigenvalue weighted by atomic mass is 10.2. The van der Waals surface area contributed by atoms with Gasteiger partial charge in [-0.1, -0.05) is 30.7 Å². The highest BCUT2D eigenvalue weighted by molar-refractivity contribution is 7.85. The predicted octanol–water partition coefficient (Wildman–Crippen LogP) is 3.65. The lowest BCUT2D eigenvalue weighted by Crippen LogP contribution is -2.07. The smallest absolute Gasteiger partial charge is 0.0813 e. The molecule has 0 saturated carbocycles. The number of nitrogens with zero attached hydrogens (tertiary/aromatic N) is 1. The highest BCUT2D eigenvalue weighted by atomic mass is 32.2. The molecule has 1 heterocycles. The minimum absolute atomic E-state index is 0.0334. The summed E-state index contributed by atoms with van der Waals surface area (Å²) in [6, 6.07) is 13.6. The minimum Gasteiger partial charge on any atom is -0.260 e. The first-order valence-corrected chi connectivity index (χ1v) is 7.32. The normalized spacial score (nSPS) is 14.1. The number of aryl methyl sites for hydroxylation is 1. The Morgan fingerprint density at radius 3 is 2.44 bits per heavy atom. The van der Waals surface area contributed by atoms with Crippen molar-refractivity contribution >= 4 is 10.8 Å². The van der Waals surface area contributed by atoms with Gasteiger partial charge >= 0.3 is 0 Å². The molecule has 1 unspecified atom stereocenters.